The predicted molar refractivity (Wildman–Crippen MR) is 62.3 cm³/mol. The fourth-order valence-corrected chi connectivity index (χ4v) is 1.39. The Morgan fingerprint density at radius 3 is 2.06 bits per heavy atom. The van der Waals surface area contributed by atoms with E-state index in [2.05, 4.69) is 5.32 Å². The highest BCUT2D eigenvalue weighted by molar-refractivity contribution is 5.82. The first-order valence-corrected chi connectivity index (χ1v) is 5.50. The molecule has 0 aromatic heterocycles. The van der Waals surface area contributed by atoms with E-state index in [-0.39, 0.29) is 11.9 Å². The summed E-state index contributed by atoms with van der Waals surface area (Å²) in [5.41, 5.74) is 0. The van der Waals surface area contributed by atoms with Crippen molar-refractivity contribution in [3.8, 4) is 0 Å². The fraction of sp³-hybridized carbons (Fsp3) is 0.818. The van der Waals surface area contributed by atoms with E-state index in [4.69, 9.17) is 5.11 Å². The number of carboxylic acids is 1. The van der Waals surface area contributed by atoms with Gasteiger partial charge in [0.1, 0.15) is 6.04 Å². The standard InChI is InChI=1S/C11H22N2O3/c1-7(2)6-13(5)11(16)12-9(8(3)4)10(14)15/h7-9H,6H2,1-5H3,(H,12,16)(H,14,15)/t9-/m0/s1. The number of nitrogens with zero attached hydrogens (tertiary/aromatic N) is 1. The summed E-state index contributed by atoms with van der Waals surface area (Å²) in [4.78, 5) is 24.0. The van der Waals surface area contributed by atoms with E-state index in [9.17, 15) is 9.59 Å². The van der Waals surface area contributed by atoms with Gasteiger partial charge in [-0.3, -0.25) is 0 Å². The third-order valence-electron chi connectivity index (χ3n) is 2.20. The molecular formula is C11H22N2O3. The zero-order chi connectivity index (χ0) is 12.9. The second-order valence-electron chi connectivity index (χ2n) is 4.78. The van der Waals surface area contributed by atoms with Crippen molar-refractivity contribution >= 4 is 12.0 Å². The van der Waals surface area contributed by atoms with Gasteiger partial charge in [-0.15, -0.1) is 0 Å². The van der Waals surface area contributed by atoms with Crippen molar-refractivity contribution in [2.75, 3.05) is 13.6 Å². The monoisotopic (exact) mass is 230 g/mol. The van der Waals surface area contributed by atoms with Crippen LogP contribution in [0.3, 0.4) is 0 Å². The van der Waals surface area contributed by atoms with Crippen LogP contribution >= 0.6 is 0 Å². The fourth-order valence-electron chi connectivity index (χ4n) is 1.39. The lowest BCUT2D eigenvalue weighted by atomic mass is 10.1. The molecule has 0 aromatic carbocycles. The predicted octanol–water partition coefficient (Wildman–Crippen LogP) is 1.39. The zero-order valence-electron chi connectivity index (χ0n) is 10.7. The van der Waals surface area contributed by atoms with Gasteiger partial charge in [0.25, 0.3) is 0 Å². The lowest BCUT2D eigenvalue weighted by Crippen LogP contribution is -2.49. The highest BCUT2D eigenvalue weighted by Crippen LogP contribution is 2.03. The van der Waals surface area contributed by atoms with Crippen molar-refractivity contribution in [2.24, 2.45) is 11.8 Å². The molecule has 0 aromatic rings. The van der Waals surface area contributed by atoms with Crippen LogP contribution in [0.2, 0.25) is 0 Å². The Balaban J connectivity index is 4.35. The molecule has 5 nitrogen and oxygen atoms in total. The number of carbonyl (C=O) groups is 2. The van der Waals surface area contributed by atoms with E-state index in [1.165, 1.54) is 4.90 Å². The maximum atomic E-state index is 11.6. The topological polar surface area (TPSA) is 69.6 Å². The van der Waals surface area contributed by atoms with E-state index < -0.39 is 12.0 Å². The summed E-state index contributed by atoms with van der Waals surface area (Å²) in [6.45, 7) is 8.14. The first-order valence-electron chi connectivity index (χ1n) is 5.50. The number of amides is 2. The smallest absolute Gasteiger partial charge is 0.326 e. The summed E-state index contributed by atoms with van der Waals surface area (Å²) in [7, 11) is 1.66. The van der Waals surface area contributed by atoms with Gasteiger partial charge in [-0.1, -0.05) is 27.7 Å². The molecule has 0 saturated heterocycles. The molecule has 2 N–H and O–H groups in total. The number of hydrogen-bond acceptors (Lipinski definition) is 2. The Morgan fingerprint density at radius 1 is 1.25 bits per heavy atom. The minimum Gasteiger partial charge on any atom is -0.480 e. The first kappa shape index (κ1) is 14.7. The van der Waals surface area contributed by atoms with E-state index >= 15 is 0 Å². The van der Waals surface area contributed by atoms with Crippen molar-refractivity contribution in [2.45, 2.75) is 33.7 Å². The molecule has 0 bridgehead atoms. The molecule has 2 amide bonds. The molecule has 5 heteroatoms. The van der Waals surface area contributed by atoms with Crippen molar-refractivity contribution in [1.29, 1.82) is 0 Å². The first-order chi connectivity index (χ1) is 7.25. The van der Waals surface area contributed by atoms with Crippen LogP contribution in [0, 0.1) is 11.8 Å². The molecule has 94 valence electrons. The summed E-state index contributed by atoms with van der Waals surface area (Å²) in [6, 6.07) is -1.17. The normalized spacial score (nSPS) is 12.7. The molecule has 0 aliphatic heterocycles. The lowest BCUT2D eigenvalue weighted by Gasteiger charge is -2.24. The SMILES string of the molecule is CC(C)CN(C)C(=O)N[C@H](C(=O)O)C(C)C. The molecule has 0 saturated carbocycles. The molecular weight excluding hydrogens is 208 g/mol. The number of hydrogen-bond donors (Lipinski definition) is 2. The molecule has 0 radical (unpaired) electrons. The number of carbonyl (C=O) groups excluding carboxylic acids is 1. The van der Waals surface area contributed by atoms with Gasteiger partial charge in [-0.05, 0) is 11.8 Å². The third kappa shape index (κ3) is 5.00. The summed E-state index contributed by atoms with van der Waals surface area (Å²) >= 11 is 0. The van der Waals surface area contributed by atoms with Gasteiger partial charge in [0.15, 0.2) is 0 Å². The Bertz CT molecular complexity index is 252. The Hall–Kier alpha value is -1.26. The van der Waals surface area contributed by atoms with E-state index in [1.54, 1.807) is 20.9 Å². The Kier molecular flexibility index (Phi) is 5.85. The molecule has 0 spiro atoms. The van der Waals surface area contributed by atoms with Gasteiger partial charge in [0, 0.05) is 13.6 Å². The number of nitrogens with one attached hydrogen (secondary N) is 1. The lowest BCUT2D eigenvalue weighted by molar-refractivity contribution is -0.140. The van der Waals surface area contributed by atoms with Crippen LogP contribution in [0.15, 0.2) is 0 Å². The number of urea groups is 1. The largest absolute Gasteiger partial charge is 0.480 e. The highest BCUT2D eigenvalue weighted by Gasteiger charge is 2.24. The molecule has 0 heterocycles. The molecule has 0 aliphatic rings. The number of rotatable bonds is 5. The highest BCUT2D eigenvalue weighted by atomic mass is 16.4. The van der Waals surface area contributed by atoms with Gasteiger partial charge >= 0.3 is 12.0 Å². The number of aliphatic carboxylic acids is 1. The third-order valence-corrected chi connectivity index (χ3v) is 2.20. The van der Waals surface area contributed by atoms with E-state index in [0.29, 0.717) is 12.5 Å². The minimum atomic E-state index is -0.999. The maximum Gasteiger partial charge on any atom is 0.326 e. The maximum absolute atomic E-state index is 11.6. The van der Waals surface area contributed by atoms with Gasteiger partial charge in [-0.25, -0.2) is 9.59 Å². The Morgan fingerprint density at radius 2 is 1.75 bits per heavy atom. The van der Waals surface area contributed by atoms with Crippen molar-refractivity contribution < 1.29 is 14.7 Å². The summed E-state index contributed by atoms with van der Waals surface area (Å²) in [5.74, 6) is -0.770. The minimum absolute atomic E-state index is 0.131. The summed E-state index contributed by atoms with van der Waals surface area (Å²) in [6.07, 6.45) is 0. The summed E-state index contributed by atoms with van der Waals surface area (Å²) in [5, 5.41) is 11.4. The van der Waals surface area contributed by atoms with Gasteiger partial charge < -0.3 is 15.3 Å². The molecule has 1 atom stereocenters. The number of carboxylic acid groups (broad SMARTS) is 1. The average Bonchev–Trinajstić information content (AvgIpc) is 2.11. The quantitative estimate of drug-likeness (QED) is 0.750. The second kappa shape index (κ2) is 6.35. The van der Waals surface area contributed by atoms with Crippen LogP contribution in [-0.2, 0) is 4.79 Å². The van der Waals surface area contributed by atoms with Crippen LogP contribution in [0.5, 0.6) is 0 Å². The summed E-state index contributed by atoms with van der Waals surface area (Å²) < 4.78 is 0. The molecule has 0 aliphatic carbocycles. The van der Waals surface area contributed by atoms with Crippen molar-refractivity contribution in [3.05, 3.63) is 0 Å². The van der Waals surface area contributed by atoms with Crippen LogP contribution < -0.4 is 5.32 Å². The zero-order valence-corrected chi connectivity index (χ0v) is 10.7. The van der Waals surface area contributed by atoms with Crippen molar-refractivity contribution in [1.82, 2.24) is 10.2 Å². The molecule has 0 rings (SSSR count). The van der Waals surface area contributed by atoms with Gasteiger partial charge in [0.2, 0.25) is 0 Å². The van der Waals surface area contributed by atoms with Crippen molar-refractivity contribution in [3.63, 3.8) is 0 Å². The van der Waals surface area contributed by atoms with E-state index in [1.807, 2.05) is 13.8 Å². The van der Waals surface area contributed by atoms with Crippen LogP contribution in [0.25, 0.3) is 0 Å². The van der Waals surface area contributed by atoms with E-state index in [0.717, 1.165) is 0 Å². The van der Waals surface area contributed by atoms with Crippen LogP contribution in [0.1, 0.15) is 27.7 Å². The average molecular weight is 230 g/mol. The molecule has 0 unspecified atom stereocenters. The Labute approximate surface area is 96.8 Å². The second-order valence-corrected chi connectivity index (χ2v) is 4.78. The van der Waals surface area contributed by atoms with Gasteiger partial charge in [-0.2, -0.15) is 0 Å². The molecule has 0 fully saturated rings. The molecule has 16 heavy (non-hydrogen) atoms. The van der Waals surface area contributed by atoms with Crippen LogP contribution in [-0.4, -0.2) is 41.6 Å². The van der Waals surface area contributed by atoms with Crippen LogP contribution in [0.4, 0.5) is 4.79 Å². The van der Waals surface area contributed by atoms with Gasteiger partial charge in [0.05, 0.1) is 0 Å².